The molecule has 3 aromatic rings. The van der Waals surface area contributed by atoms with Gasteiger partial charge in [0.05, 0.1) is 5.69 Å². The Balaban J connectivity index is 1.83. The van der Waals surface area contributed by atoms with Gasteiger partial charge in [0.15, 0.2) is 0 Å². The second kappa shape index (κ2) is 7.59. The minimum absolute atomic E-state index is 0.644. The molecule has 0 saturated heterocycles. The van der Waals surface area contributed by atoms with Crippen molar-refractivity contribution < 1.29 is 0 Å². The molecule has 0 amide bonds. The molecule has 0 radical (unpaired) electrons. The van der Waals surface area contributed by atoms with Crippen LogP contribution in [0.3, 0.4) is 0 Å². The van der Waals surface area contributed by atoms with E-state index in [0.29, 0.717) is 5.95 Å². The summed E-state index contributed by atoms with van der Waals surface area (Å²) >= 11 is 0. The van der Waals surface area contributed by atoms with Gasteiger partial charge in [-0.2, -0.15) is 4.98 Å². The van der Waals surface area contributed by atoms with Gasteiger partial charge in [0.25, 0.3) is 0 Å². The Kier molecular flexibility index (Phi) is 5.06. The lowest BCUT2D eigenvalue weighted by Crippen LogP contribution is -2.07. The van der Waals surface area contributed by atoms with Crippen LogP contribution in [0.4, 0.5) is 11.8 Å². The fraction of sp³-hybridized carbons (Fsp3) is 0.200. The third kappa shape index (κ3) is 4.10. The van der Waals surface area contributed by atoms with Gasteiger partial charge in [-0.25, -0.2) is 4.98 Å². The van der Waals surface area contributed by atoms with Gasteiger partial charge in [-0.1, -0.05) is 60.2 Å². The molecule has 2 N–H and O–H groups in total. The smallest absolute Gasteiger partial charge is 0.225 e. The van der Waals surface area contributed by atoms with Crippen molar-refractivity contribution in [1.82, 2.24) is 9.97 Å². The molecule has 1 aromatic heterocycles. The Morgan fingerprint density at radius 2 is 1.62 bits per heavy atom. The van der Waals surface area contributed by atoms with Crippen LogP contribution in [0.5, 0.6) is 0 Å². The Morgan fingerprint density at radius 3 is 2.33 bits per heavy atom. The zero-order valence-corrected chi connectivity index (χ0v) is 14.1. The molecule has 24 heavy (non-hydrogen) atoms. The van der Waals surface area contributed by atoms with Crippen LogP contribution in [0, 0.1) is 6.92 Å². The van der Waals surface area contributed by atoms with Crippen LogP contribution in [-0.2, 0) is 6.54 Å². The Morgan fingerprint density at radius 1 is 0.875 bits per heavy atom. The van der Waals surface area contributed by atoms with Crippen molar-refractivity contribution in [3.05, 3.63) is 71.8 Å². The summed E-state index contributed by atoms with van der Waals surface area (Å²) in [5.74, 6) is 1.46. The maximum atomic E-state index is 4.60. The summed E-state index contributed by atoms with van der Waals surface area (Å²) in [5, 5.41) is 6.60. The van der Waals surface area contributed by atoms with Gasteiger partial charge >= 0.3 is 0 Å². The number of rotatable bonds is 6. The highest BCUT2D eigenvalue weighted by Crippen LogP contribution is 2.21. The van der Waals surface area contributed by atoms with Gasteiger partial charge in [0.2, 0.25) is 5.95 Å². The third-order valence-electron chi connectivity index (χ3n) is 3.72. The average molecular weight is 318 g/mol. The van der Waals surface area contributed by atoms with Crippen LogP contribution in [0.2, 0.25) is 0 Å². The quantitative estimate of drug-likeness (QED) is 0.703. The first-order valence-electron chi connectivity index (χ1n) is 8.22. The number of nitrogens with one attached hydrogen (secondary N) is 2. The minimum atomic E-state index is 0.644. The first kappa shape index (κ1) is 16.0. The summed E-state index contributed by atoms with van der Waals surface area (Å²) < 4.78 is 0. The lowest BCUT2D eigenvalue weighted by atomic mass is 10.1. The molecule has 0 bridgehead atoms. The van der Waals surface area contributed by atoms with Crippen LogP contribution in [0.25, 0.3) is 11.3 Å². The van der Waals surface area contributed by atoms with E-state index in [4.69, 9.17) is 0 Å². The van der Waals surface area contributed by atoms with Crippen LogP contribution in [0.1, 0.15) is 18.1 Å². The van der Waals surface area contributed by atoms with Crippen molar-refractivity contribution in [3.8, 4) is 11.3 Å². The topological polar surface area (TPSA) is 49.8 Å². The van der Waals surface area contributed by atoms with Crippen LogP contribution in [0.15, 0.2) is 60.7 Å². The molecule has 3 rings (SSSR count). The second-order valence-corrected chi connectivity index (χ2v) is 5.70. The summed E-state index contributed by atoms with van der Waals surface area (Å²) in [5.41, 5.74) is 4.48. The molecule has 0 aliphatic heterocycles. The van der Waals surface area contributed by atoms with E-state index >= 15 is 0 Å². The average Bonchev–Trinajstić information content (AvgIpc) is 2.62. The number of aromatic nitrogens is 2. The molecule has 2 aromatic carbocycles. The predicted octanol–water partition coefficient (Wildman–Crippen LogP) is 4.50. The van der Waals surface area contributed by atoms with Crippen molar-refractivity contribution in [1.29, 1.82) is 0 Å². The number of anilines is 2. The van der Waals surface area contributed by atoms with E-state index in [1.807, 2.05) is 31.2 Å². The molecule has 4 heteroatoms. The molecular weight excluding hydrogens is 296 g/mol. The lowest BCUT2D eigenvalue weighted by molar-refractivity contribution is 1.05. The van der Waals surface area contributed by atoms with E-state index in [1.165, 1.54) is 11.1 Å². The highest BCUT2D eigenvalue weighted by molar-refractivity contribution is 5.64. The molecule has 1 heterocycles. The van der Waals surface area contributed by atoms with Gasteiger partial charge < -0.3 is 10.6 Å². The zero-order chi connectivity index (χ0) is 16.8. The highest BCUT2D eigenvalue weighted by atomic mass is 15.1. The lowest BCUT2D eigenvalue weighted by Gasteiger charge is -2.11. The SMILES string of the molecule is CCNc1nc(NCc2ccc(C)cc2)cc(-c2ccccc2)n1. The second-order valence-electron chi connectivity index (χ2n) is 5.70. The Bertz CT molecular complexity index is 782. The van der Waals surface area contributed by atoms with Gasteiger partial charge in [-0.3, -0.25) is 0 Å². The van der Waals surface area contributed by atoms with Crippen LogP contribution >= 0.6 is 0 Å². The van der Waals surface area contributed by atoms with E-state index in [9.17, 15) is 0 Å². The molecule has 0 atom stereocenters. The van der Waals surface area contributed by atoms with E-state index in [-0.39, 0.29) is 0 Å². The summed E-state index contributed by atoms with van der Waals surface area (Å²) in [6.07, 6.45) is 0. The number of hydrogen-bond acceptors (Lipinski definition) is 4. The van der Waals surface area contributed by atoms with E-state index in [1.54, 1.807) is 0 Å². The van der Waals surface area contributed by atoms with E-state index in [2.05, 4.69) is 63.9 Å². The minimum Gasteiger partial charge on any atom is -0.366 e. The van der Waals surface area contributed by atoms with Gasteiger partial charge in [0.1, 0.15) is 5.82 Å². The largest absolute Gasteiger partial charge is 0.366 e. The fourth-order valence-electron chi connectivity index (χ4n) is 2.43. The maximum absolute atomic E-state index is 4.60. The molecule has 0 fully saturated rings. The van der Waals surface area contributed by atoms with Crippen molar-refractivity contribution >= 4 is 11.8 Å². The predicted molar refractivity (Wildman–Crippen MR) is 100 cm³/mol. The molecule has 4 nitrogen and oxygen atoms in total. The normalized spacial score (nSPS) is 10.4. The summed E-state index contributed by atoms with van der Waals surface area (Å²) in [6.45, 7) is 5.65. The van der Waals surface area contributed by atoms with Crippen molar-refractivity contribution in [2.75, 3.05) is 17.2 Å². The molecule has 0 unspecified atom stereocenters. The van der Waals surface area contributed by atoms with Gasteiger partial charge in [-0.05, 0) is 19.4 Å². The van der Waals surface area contributed by atoms with Crippen molar-refractivity contribution in [2.45, 2.75) is 20.4 Å². The number of hydrogen-bond donors (Lipinski definition) is 2. The number of nitrogens with zero attached hydrogens (tertiary/aromatic N) is 2. The first-order chi connectivity index (χ1) is 11.7. The number of aryl methyl sites for hydroxylation is 1. The third-order valence-corrected chi connectivity index (χ3v) is 3.72. The Labute approximate surface area is 143 Å². The van der Waals surface area contributed by atoms with E-state index < -0.39 is 0 Å². The molecular formula is C20H22N4. The standard InChI is InChI=1S/C20H22N4/c1-3-21-20-23-18(17-7-5-4-6-8-17)13-19(24-20)22-14-16-11-9-15(2)10-12-16/h4-13H,3,14H2,1-2H3,(H2,21,22,23,24). The zero-order valence-electron chi connectivity index (χ0n) is 14.1. The molecule has 0 aliphatic carbocycles. The molecule has 0 aliphatic rings. The summed E-state index contributed by atoms with van der Waals surface area (Å²) in [6, 6.07) is 20.7. The van der Waals surface area contributed by atoms with Crippen molar-refractivity contribution in [3.63, 3.8) is 0 Å². The molecule has 122 valence electrons. The number of benzene rings is 2. The summed E-state index contributed by atoms with van der Waals surface area (Å²) in [4.78, 5) is 9.15. The van der Waals surface area contributed by atoms with Gasteiger partial charge in [-0.15, -0.1) is 0 Å². The monoisotopic (exact) mass is 318 g/mol. The Hall–Kier alpha value is -2.88. The summed E-state index contributed by atoms with van der Waals surface area (Å²) in [7, 11) is 0. The van der Waals surface area contributed by atoms with Crippen LogP contribution < -0.4 is 10.6 Å². The molecule has 0 spiro atoms. The van der Waals surface area contributed by atoms with Gasteiger partial charge in [0, 0.05) is 24.7 Å². The molecule has 0 saturated carbocycles. The highest BCUT2D eigenvalue weighted by Gasteiger charge is 2.06. The maximum Gasteiger partial charge on any atom is 0.225 e. The van der Waals surface area contributed by atoms with E-state index in [0.717, 1.165) is 30.2 Å². The fourth-order valence-corrected chi connectivity index (χ4v) is 2.43. The van der Waals surface area contributed by atoms with Crippen LogP contribution in [-0.4, -0.2) is 16.5 Å². The first-order valence-corrected chi connectivity index (χ1v) is 8.22. The van der Waals surface area contributed by atoms with Crippen molar-refractivity contribution in [2.24, 2.45) is 0 Å².